The third kappa shape index (κ3) is 6.26. The molecule has 3 rings (SSSR count). The van der Waals surface area contributed by atoms with Crippen LogP contribution in [0.1, 0.15) is 23.3 Å². The van der Waals surface area contributed by atoms with Crippen LogP contribution in [0, 0.1) is 0 Å². The number of benzene rings is 3. The first-order valence-corrected chi connectivity index (χ1v) is 8.44. The number of aliphatic hydroxyl groups is 1. The molecule has 0 aliphatic rings. The number of carbonyl (C=O) groups is 2. The number of hydrogen-bond acceptors (Lipinski definition) is 4. The molecule has 6 nitrogen and oxygen atoms in total. The number of carboxylic acid groups (broad SMARTS) is 2. The summed E-state index contributed by atoms with van der Waals surface area (Å²) in [6.07, 6.45) is -2.38. The molecule has 0 aliphatic heterocycles. The second-order valence-corrected chi connectivity index (χ2v) is 5.71. The van der Waals surface area contributed by atoms with Gasteiger partial charge in [0.15, 0.2) is 6.10 Å². The molecule has 6 heteroatoms. The summed E-state index contributed by atoms with van der Waals surface area (Å²) < 4.78 is 5.46. The van der Waals surface area contributed by atoms with Gasteiger partial charge in [0, 0.05) is 5.56 Å². The first kappa shape index (κ1) is 20.7. The minimum absolute atomic E-state index is 0.403. The van der Waals surface area contributed by atoms with Crippen molar-refractivity contribution < 1.29 is 29.6 Å². The molecule has 0 bridgehead atoms. The smallest absolute Gasteiger partial charge is 0.349 e. The zero-order valence-corrected chi connectivity index (χ0v) is 14.9. The Labute approximate surface area is 162 Å². The van der Waals surface area contributed by atoms with Gasteiger partial charge < -0.3 is 20.1 Å². The second-order valence-electron chi connectivity index (χ2n) is 5.71. The molecule has 3 aromatic rings. The highest BCUT2D eigenvalue weighted by atomic mass is 16.5. The van der Waals surface area contributed by atoms with Gasteiger partial charge in [-0.1, -0.05) is 78.9 Å². The molecule has 0 saturated carbocycles. The molecule has 144 valence electrons. The van der Waals surface area contributed by atoms with Crippen molar-refractivity contribution in [1.29, 1.82) is 0 Å². The molecular weight excluding hydrogens is 360 g/mol. The van der Waals surface area contributed by atoms with Crippen LogP contribution >= 0.6 is 0 Å². The van der Waals surface area contributed by atoms with Gasteiger partial charge >= 0.3 is 11.9 Å². The predicted octanol–water partition coefficient (Wildman–Crippen LogP) is 3.70. The molecule has 3 aromatic carbocycles. The maximum Gasteiger partial charge on any atom is 0.349 e. The van der Waals surface area contributed by atoms with Gasteiger partial charge in [-0.2, -0.15) is 0 Å². The standard InChI is InChI=1S/C14H12O3.C8H8O3/c15-14(16)13(11-7-3-1-4-8-11)17-12-9-5-2-6-10-12;9-7(8(10)11)6-4-2-1-3-5-6/h1-10,13H,(H,15,16);1-5,7,9H,(H,10,11)/t13-;7-/m00/s1. The van der Waals surface area contributed by atoms with Crippen LogP contribution in [0.4, 0.5) is 0 Å². The van der Waals surface area contributed by atoms with Crippen molar-refractivity contribution in [3.05, 3.63) is 102 Å². The Morgan fingerprint density at radius 3 is 1.50 bits per heavy atom. The fourth-order valence-corrected chi connectivity index (χ4v) is 2.30. The molecule has 28 heavy (non-hydrogen) atoms. The molecule has 0 saturated heterocycles. The molecule has 0 amide bonds. The van der Waals surface area contributed by atoms with Gasteiger partial charge in [-0.05, 0) is 17.7 Å². The fraction of sp³-hybridized carbons (Fsp3) is 0.0909. The first-order valence-electron chi connectivity index (χ1n) is 8.44. The van der Waals surface area contributed by atoms with Crippen molar-refractivity contribution in [3.63, 3.8) is 0 Å². The van der Waals surface area contributed by atoms with E-state index >= 15 is 0 Å². The van der Waals surface area contributed by atoms with Crippen molar-refractivity contribution in [2.75, 3.05) is 0 Å². The van der Waals surface area contributed by atoms with E-state index in [0.717, 1.165) is 0 Å². The molecule has 0 fully saturated rings. The Kier molecular flexibility index (Phi) is 7.75. The van der Waals surface area contributed by atoms with Crippen LogP contribution in [-0.2, 0) is 9.59 Å². The van der Waals surface area contributed by atoms with Crippen LogP contribution in [0.25, 0.3) is 0 Å². The Hall–Kier alpha value is -3.64. The van der Waals surface area contributed by atoms with Crippen LogP contribution in [0.2, 0.25) is 0 Å². The van der Waals surface area contributed by atoms with E-state index in [1.165, 1.54) is 0 Å². The monoisotopic (exact) mass is 380 g/mol. The summed E-state index contributed by atoms with van der Waals surface area (Å²) >= 11 is 0. The van der Waals surface area contributed by atoms with Gasteiger partial charge in [-0.15, -0.1) is 0 Å². The van der Waals surface area contributed by atoms with Crippen LogP contribution in [-0.4, -0.2) is 27.3 Å². The van der Waals surface area contributed by atoms with Gasteiger partial charge in [0.25, 0.3) is 0 Å². The number of carboxylic acids is 2. The van der Waals surface area contributed by atoms with Crippen molar-refractivity contribution in [2.45, 2.75) is 12.2 Å². The average Bonchev–Trinajstić information content (AvgIpc) is 2.73. The van der Waals surface area contributed by atoms with Crippen molar-refractivity contribution in [2.24, 2.45) is 0 Å². The van der Waals surface area contributed by atoms with Crippen LogP contribution in [0.5, 0.6) is 5.75 Å². The van der Waals surface area contributed by atoms with Crippen LogP contribution in [0.15, 0.2) is 91.0 Å². The molecule has 0 aromatic heterocycles. The molecule has 3 N–H and O–H groups in total. The maximum absolute atomic E-state index is 11.2. The first-order chi connectivity index (χ1) is 13.5. The third-order valence-corrected chi connectivity index (χ3v) is 3.67. The number of rotatable bonds is 6. The SMILES string of the molecule is O=C(O)[C@@H](O)c1ccccc1.O=C(O)[C@@H](Oc1ccccc1)c1ccccc1. The lowest BCUT2D eigenvalue weighted by molar-refractivity contribution is -0.147. The van der Waals surface area contributed by atoms with E-state index in [-0.39, 0.29) is 0 Å². The largest absolute Gasteiger partial charge is 0.479 e. The Morgan fingerprint density at radius 1 is 0.643 bits per heavy atom. The van der Waals surface area contributed by atoms with Crippen LogP contribution < -0.4 is 4.74 Å². The minimum Gasteiger partial charge on any atom is -0.479 e. The summed E-state index contributed by atoms with van der Waals surface area (Å²) in [6, 6.07) is 26.1. The summed E-state index contributed by atoms with van der Waals surface area (Å²) in [4.78, 5) is 21.4. The van der Waals surface area contributed by atoms with Crippen molar-refractivity contribution >= 4 is 11.9 Å². The van der Waals surface area contributed by atoms with Gasteiger partial charge in [-0.25, -0.2) is 9.59 Å². The Morgan fingerprint density at radius 2 is 1.07 bits per heavy atom. The highest BCUT2D eigenvalue weighted by Crippen LogP contribution is 2.21. The van der Waals surface area contributed by atoms with E-state index in [4.69, 9.17) is 20.1 Å². The molecule has 2 atom stereocenters. The Bertz CT molecular complexity index is 865. The highest BCUT2D eigenvalue weighted by molar-refractivity contribution is 5.75. The number of hydrogen-bond donors (Lipinski definition) is 3. The van der Waals surface area contributed by atoms with E-state index in [2.05, 4.69) is 0 Å². The number of aliphatic hydroxyl groups excluding tert-OH is 1. The predicted molar refractivity (Wildman–Crippen MR) is 103 cm³/mol. The molecular formula is C22H20O6. The lowest BCUT2D eigenvalue weighted by Crippen LogP contribution is -2.17. The average molecular weight is 380 g/mol. The molecule has 0 unspecified atom stereocenters. The molecule has 0 heterocycles. The molecule has 0 radical (unpaired) electrons. The molecule has 0 aliphatic carbocycles. The van der Waals surface area contributed by atoms with Gasteiger partial charge in [0.2, 0.25) is 6.10 Å². The minimum atomic E-state index is -1.41. The summed E-state index contributed by atoms with van der Waals surface area (Å²) in [7, 11) is 0. The van der Waals surface area contributed by atoms with E-state index in [1.54, 1.807) is 78.9 Å². The van der Waals surface area contributed by atoms with Gasteiger partial charge in [0.05, 0.1) is 0 Å². The normalized spacial score (nSPS) is 12.0. The zero-order chi connectivity index (χ0) is 20.4. The van der Waals surface area contributed by atoms with Gasteiger partial charge in [0.1, 0.15) is 5.75 Å². The quantitative estimate of drug-likeness (QED) is 0.602. The molecule has 0 spiro atoms. The lowest BCUT2D eigenvalue weighted by atomic mass is 10.1. The van der Waals surface area contributed by atoms with E-state index in [0.29, 0.717) is 16.9 Å². The van der Waals surface area contributed by atoms with Crippen molar-refractivity contribution in [1.82, 2.24) is 0 Å². The fourth-order valence-electron chi connectivity index (χ4n) is 2.30. The van der Waals surface area contributed by atoms with Crippen molar-refractivity contribution in [3.8, 4) is 5.75 Å². The number of para-hydroxylation sites is 1. The summed E-state index contributed by atoms with van der Waals surface area (Å²) in [6.45, 7) is 0. The van der Waals surface area contributed by atoms with Gasteiger partial charge in [-0.3, -0.25) is 0 Å². The number of aliphatic carboxylic acids is 2. The van der Waals surface area contributed by atoms with E-state index in [9.17, 15) is 9.59 Å². The highest BCUT2D eigenvalue weighted by Gasteiger charge is 2.21. The van der Waals surface area contributed by atoms with Crippen LogP contribution in [0.3, 0.4) is 0 Å². The number of ether oxygens (including phenoxy) is 1. The second kappa shape index (κ2) is 10.5. The van der Waals surface area contributed by atoms with E-state index < -0.39 is 24.1 Å². The van der Waals surface area contributed by atoms with E-state index in [1.807, 2.05) is 12.1 Å². The summed E-state index contributed by atoms with van der Waals surface area (Å²) in [5, 5.41) is 26.5. The summed E-state index contributed by atoms with van der Waals surface area (Å²) in [5.74, 6) is -1.68. The maximum atomic E-state index is 11.2. The zero-order valence-electron chi connectivity index (χ0n) is 14.9. The lowest BCUT2D eigenvalue weighted by Gasteiger charge is -2.15. The summed E-state index contributed by atoms with van der Waals surface area (Å²) in [5.41, 5.74) is 1.03. The Balaban J connectivity index is 0.000000221. The third-order valence-electron chi connectivity index (χ3n) is 3.67. The topological polar surface area (TPSA) is 104 Å².